The summed E-state index contributed by atoms with van der Waals surface area (Å²) in [4.78, 5) is 33.0. The van der Waals surface area contributed by atoms with E-state index in [0.717, 1.165) is 16.2 Å². The Morgan fingerprint density at radius 1 is 1.03 bits per heavy atom. The lowest BCUT2D eigenvalue weighted by Gasteiger charge is -2.20. The third-order valence-corrected chi connectivity index (χ3v) is 6.98. The van der Waals surface area contributed by atoms with Gasteiger partial charge in [0.25, 0.3) is 10.0 Å². The average molecular weight is 514 g/mol. The van der Waals surface area contributed by atoms with E-state index in [0.29, 0.717) is 11.3 Å². The smallest absolute Gasteiger partial charge is 0.414 e. The number of hydrogen-bond donors (Lipinski definition) is 2. The van der Waals surface area contributed by atoms with Crippen LogP contribution in [0.15, 0.2) is 65.8 Å². The average Bonchev–Trinajstić information content (AvgIpc) is 2.84. The van der Waals surface area contributed by atoms with Gasteiger partial charge in [0.15, 0.2) is 0 Å². The number of carboxylic acids is 1. The lowest BCUT2D eigenvalue weighted by Crippen LogP contribution is -2.32. The summed E-state index contributed by atoms with van der Waals surface area (Å²) in [6, 6.07) is 13.2. The molecule has 2 N–H and O–H groups in total. The van der Waals surface area contributed by atoms with Crippen LogP contribution in [0.3, 0.4) is 0 Å². The van der Waals surface area contributed by atoms with E-state index in [1.807, 2.05) is 6.92 Å². The highest BCUT2D eigenvalue weighted by atomic mass is 32.2. The van der Waals surface area contributed by atoms with Crippen molar-refractivity contribution in [2.45, 2.75) is 24.3 Å². The fourth-order valence-corrected chi connectivity index (χ4v) is 4.23. The van der Waals surface area contributed by atoms with Gasteiger partial charge in [-0.3, -0.25) is 4.31 Å². The summed E-state index contributed by atoms with van der Waals surface area (Å²) >= 11 is 0. The monoisotopic (exact) mass is 513 g/mol. The topological polar surface area (TPSA) is 142 Å². The van der Waals surface area contributed by atoms with Crippen LogP contribution >= 0.6 is 0 Å². The van der Waals surface area contributed by atoms with Gasteiger partial charge >= 0.3 is 12.1 Å². The van der Waals surface area contributed by atoms with Crippen LogP contribution in [-0.2, 0) is 21.2 Å². The van der Waals surface area contributed by atoms with Gasteiger partial charge in [-0.2, -0.15) is 0 Å². The molecule has 1 heterocycles. The highest BCUT2D eigenvalue weighted by Gasteiger charge is 2.24. The van der Waals surface area contributed by atoms with Gasteiger partial charge in [0.05, 0.1) is 4.90 Å². The molecule has 0 aliphatic heterocycles. The van der Waals surface area contributed by atoms with Crippen LogP contribution in [0, 0.1) is 6.92 Å². The van der Waals surface area contributed by atoms with E-state index in [9.17, 15) is 23.1 Å². The number of aromatic nitrogens is 2. The summed E-state index contributed by atoms with van der Waals surface area (Å²) in [5, 5.41) is 12.5. The number of nitrogens with one attached hydrogen (secondary N) is 1. The van der Waals surface area contributed by atoms with Crippen molar-refractivity contribution in [3.05, 3.63) is 72.1 Å². The number of hydrogen-bond acceptors (Lipinski definition) is 8. The Morgan fingerprint density at radius 2 is 1.67 bits per heavy atom. The second kappa shape index (κ2) is 11.0. The van der Waals surface area contributed by atoms with Crippen molar-refractivity contribution >= 4 is 33.7 Å². The zero-order valence-corrected chi connectivity index (χ0v) is 21.1. The molecular weight excluding hydrogens is 486 g/mol. The Balaban J connectivity index is 1.74. The first-order valence-electron chi connectivity index (χ1n) is 10.8. The first kappa shape index (κ1) is 26.4. The van der Waals surface area contributed by atoms with E-state index in [-0.39, 0.29) is 23.0 Å². The number of nitrogens with zero attached hydrogens (tertiary/aromatic N) is 4. The molecule has 0 saturated heterocycles. The molecule has 3 aromatic rings. The van der Waals surface area contributed by atoms with E-state index in [1.165, 1.54) is 30.1 Å². The maximum absolute atomic E-state index is 13.0. The van der Waals surface area contributed by atoms with E-state index < -0.39 is 28.1 Å². The molecule has 0 radical (unpaired) electrons. The molecular formula is C24H27N5O6S. The Bertz CT molecular complexity index is 1330. The number of aryl methyl sites for hydroxylation is 1. The van der Waals surface area contributed by atoms with E-state index in [4.69, 9.17) is 4.74 Å². The highest BCUT2D eigenvalue weighted by molar-refractivity contribution is 7.92. The summed E-state index contributed by atoms with van der Waals surface area (Å²) in [5.74, 6) is -0.575. The van der Waals surface area contributed by atoms with Gasteiger partial charge in [0.2, 0.25) is 0 Å². The Kier molecular flexibility index (Phi) is 8.10. The maximum atomic E-state index is 13.0. The normalized spacial score (nSPS) is 11.9. The van der Waals surface area contributed by atoms with Crippen LogP contribution in [0.2, 0.25) is 0 Å². The number of amides is 1. The standard InChI is InChI=1S/C24H27N5O6S/c1-16-5-11-19(12-6-16)36(33,34)29(4)22-14-21(25-15-26-22)27-20(23(30)31)13-17-7-9-18(10-8-17)35-24(32)28(2)3/h5-12,14-15,20H,13H2,1-4H3,(H,30,31)(H,25,26,27)/t20-/m0/s1. The number of carbonyl (C=O) groups excluding carboxylic acids is 1. The summed E-state index contributed by atoms with van der Waals surface area (Å²) in [6.45, 7) is 1.86. The van der Waals surface area contributed by atoms with E-state index >= 15 is 0 Å². The molecule has 0 fully saturated rings. The number of sulfonamides is 1. The molecule has 2 aromatic carbocycles. The van der Waals surface area contributed by atoms with Gasteiger partial charge in [-0.05, 0) is 36.8 Å². The molecule has 1 amide bonds. The molecule has 0 unspecified atom stereocenters. The molecule has 36 heavy (non-hydrogen) atoms. The van der Waals surface area contributed by atoms with Gasteiger partial charge in [-0.15, -0.1) is 0 Å². The van der Waals surface area contributed by atoms with Gasteiger partial charge in [0.1, 0.15) is 29.8 Å². The Labute approximate surface area is 209 Å². The largest absolute Gasteiger partial charge is 0.480 e. The molecule has 190 valence electrons. The lowest BCUT2D eigenvalue weighted by molar-refractivity contribution is -0.137. The molecule has 11 nitrogen and oxygen atoms in total. The molecule has 0 aliphatic rings. The minimum atomic E-state index is -3.88. The number of rotatable bonds is 9. The Morgan fingerprint density at radius 3 is 2.25 bits per heavy atom. The maximum Gasteiger partial charge on any atom is 0.414 e. The van der Waals surface area contributed by atoms with Crippen molar-refractivity contribution in [1.82, 2.24) is 14.9 Å². The van der Waals surface area contributed by atoms with Crippen molar-refractivity contribution in [1.29, 1.82) is 0 Å². The molecule has 3 rings (SSSR count). The zero-order chi connectivity index (χ0) is 26.5. The fraction of sp³-hybridized carbons (Fsp3) is 0.250. The second-order valence-electron chi connectivity index (χ2n) is 8.19. The van der Waals surface area contributed by atoms with Gasteiger partial charge in [-0.1, -0.05) is 29.8 Å². The quantitative estimate of drug-likeness (QED) is 0.442. The lowest BCUT2D eigenvalue weighted by atomic mass is 10.1. The van der Waals surface area contributed by atoms with Gasteiger partial charge < -0.3 is 20.1 Å². The fourth-order valence-electron chi connectivity index (χ4n) is 3.09. The van der Waals surface area contributed by atoms with Crippen molar-refractivity contribution in [3.8, 4) is 5.75 Å². The number of benzene rings is 2. The third-order valence-electron chi connectivity index (χ3n) is 5.21. The zero-order valence-electron chi connectivity index (χ0n) is 20.2. The van der Waals surface area contributed by atoms with Crippen LogP contribution in [0.1, 0.15) is 11.1 Å². The Hall–Kier alpha value is -4.19. The molecule has 0 saturated carbocycles. The minimum Gasteiger partial charge on any atom is -0.480 e. The summed E-state index contributed by atoms with van der Waals surface area (Å²) < 4.78 is 32.1. The summed E-state index contributed by atoms with van der Waals surface area (Å²) in [5.41, 5.74) is 1.60. The van der Waals surface area contributed by atoms with Crippen LogP contribution in [0.25, 0.3) is 0 Å². The van der Waals surface area contributed by atoms with Crippen molar-refractivity contribution in [2.75, 3.05) is 30.8 Å². The van der Waals surface area contributed by atoms with Crippen molar-refractivity contribution in [2.24, 2.45) is 0 Å². The first-order valence-corrected chi connectivity index (χ1v) is 12.3. The number of aliphatic carboxylic acids is 1. The van der Waals surface area contributed by atoms with Crippen molar-refractivity contribution in [3.63, 3.8) is 0 Å². The van der Waals surface area contributed by atoms with Crippen LogP contribution in [0.4, 0.5) is 16.4 Å². The number of carboxylic acid groups (broad SMARTS) is 1. The molecule has 1 atom stereocenters. The van der Waals surface area contributed by atoms with Gasteiger partial charge in [0, 0.05) is 33.6 Å². The number of carbonyl (C=O) groups is 2. The first-order chi connectivity index (χ1) is 17.0. The molecule has 1 aromatic heterocycles. The summed E-state index contributed by atoms with van der Waals surface area (Å²) in [6.07, 6.45) is 0.724. The van der Waals surface area contributed by atoms with Crippen LogP contribution in [0.5, 0.6) is 5.75 Å². The predicted molar refractivity (Wildman–Crippen MR) is 134 cm³/mol. The predicted octanol–water partition coefficient (Wildman–Crippen LogP) is 2.78. The SMILES string of the molecule is Cc1ccc(S(=O)(=O)N(C)c2cc(N[C@@H](Cc3ccc(OC(=O)N(C)C)cc3)C(=O)O)ncn2)cc1. The molecule has 12 heteroatoms. The van der Waals surface area contributed by atoms with Crippen molar-refractivity contribution < 1.29 is 27.9 Å². The highest BCUT2D eigenvalue weighted by Crippen LogP contribution is 2.23. The minimum absolute atomic E-state index is 0.0734. The number of ether oxygens (including phenoxy) is 1. The second-order valence-corrected chi connectivity index (χ2v) is 10.2. The molecule has 0 spiro atoms. The molecule has 0 bridgehead atoms. The van der Waals surface area contributed by atoms with Crippen LogP contribution in [-0.4, -0.2) is 67.6 Å². The molecule has 0 aliphatic carbocycles. The van der Waals surface area contributed by atoms with E-state index in [1.54, 1.807) is 50.5 Å². The van der Waals surface area contributed by atoms with Gasteiger partial charge in [-0.25, -0.2) is 28.0 Å². The summed E-state index contributed by atoms with van der Waals surface area (Å²) in [7, 11) is 0.612. The third kappa shape index (κ3) is 6.48. The van der Waals surface area contributed by atoms with Crippen LogP contribution < -0.4 is 14.4 Å². The number of anilines is 2. The van der Waals surface area contributed by atoms with E-state index in [2.05, 4.69) is 15.3 Å².